The van der Waals surface area contributed by atoms with Gasteiger partial charge in [0.2, 0.25) is 0 Å². The van der Waals surface area contributed by atoms with Crippen molar-refractivity contribution in [3.63, 3.8) is 0 Å². The Morgan fingerprint density at radius 1 is 1.35 bits per heavy atom. The van der Waals surface area contributed by atoms with Crippen molar-refractivity contribution in [2.75, 3.05) is 17.2 Å². The molecule has 0 aliphatic carbocycles. The Labute approximate surface area is 126 Å². The predicted molar refractivity (Wildman–Crippen MR) is 85.2 cm³/mol. The number of carbonyl (C=O) groups excluding carboxylic acids is 1. The third-order valence-electron chi connectivity index (χ3n) is 2.82. The van der Waals surface area contributed by atoms with Crippen LogP contribution in [0.1, 0.15) is 22.8 Å². The smallest absolute Gasteiger partial charge is 0.258 e. The highest BCUT2D eigenvalue weighted by atomic mass is 79.9. The first-order valence-corrected chi connectivity index (χ1v) is 7.17. The minimum absolute atomic E-state index is 0.167. The summed E-state index contributed by atoms with van der Waals surface area (Å²) < 4.78 is 0.890. The fourth-order valence-corrected chi connectivity index (χ4v) is 2.32. The van der Waals surface area contributed by atoms with E-state index in [0.29, 0.717) is 11.4 Å². The number of hydrogen-bond acceptors (Lipinski definition) is 3. The maximum absolute atomic E-state index is 12.3. The molecule has 0 aliphatic rings. The Kier molecular flexibility index (Phi) is 4.74. The average molecular weight is 334 g/mol. The molecule has 1 aromatic carbocycles. The number of para-hydroxylation sites is 1. The van der Waals surface area contributed by atoms with E-state index in [2.05, 4.69) is 31.5 Å². The molecule has 20 heavy (non-hydrogen) atoms. The zero-order valence-corrected chi connectivity index (χ0v) is 13.0. The second kappa shape index (κ2) is 6.52. The minimum Gasteiger partial charge on any atom is -0.385 e. The Balaban J connectivity index is 2.24. The standard InChI is InChI=1S/C15H16BrN3O/c1-3-17-13-7-5-4-6-12(13)15(20)19-14-10(2)8-11(16)9-18-14/h4-9,17H,3H2,1-2H3,(H,18,19,20). The number of nitrogens with zero attached hydrogens (tertiary/aromatic N) is 1. The van der Waals surface area contributed by atoms with Gasteiger partial charge in [-0.3, -0.25) is 4.79 Å². The van der Waals surface area contributed by atoms with Crippen molar-refractivity contribution in [3.05, 3.63) is 52.1 Å². The molecule has 2 rings (SSSR count). The van der Waals surface area contributed by atoms with Crippen LogP contribution in [0.2, 0.25) is 0 Å². The van der Waals surface area contributed by atoms with Gasteiger partial charge in [-0.05, 0) is 53.5 Å². The van der Waals surface area contributed by atoms with Crippen LogP contribution in [0.3, 0.4) is 0 Å². The molecule has 2 N–H and O–H groups in total. The van der Waals surface area contributed by atoms with Crippen molar-refractivity contribution >= 4 is 33.3 Å². The normalized spacial score (nSPS) is 10.2. The van der Waals surface area contributed by atoms with E-state index in [0.717, 1.165) is 22.3 Å². The van der Waals surface area contributed by atoms with Crippen LogP contribution < -0.4 is 10.6 Å². The molecule has 0 saturated carbocycles. The molecule has 4 nitrogen and oxygen atoms in total. The van der Waals surface area contributed by atoms with Crippen LogP contribution in [0.15, 0.2) is 41.0 Å². The maximum Gasteiger partial charge on any atom is 0.258 e. The van der Waals surface area contributed by atoms with Gasteiger partial charge < -0.3 is 10.6 Å². The fourth-order valence-electron chi connectivity index (χ4n) is 1.87. The van der Waals surface area contributed by atoms with E-state index in [4.69, 9.17) is 0 Å². The first kappa shape index (κ1) is 14.5. The first-order chi connectivity index (χ1) is 9.61. The zero-order valence-electron chi connectivity index (χ0n) is 11.4. The largest absolute Gasteiger partial charge is 0.385 e. The summed E-state index contributed by atoms with van der Waals surface area (Å²) in [5.41, 5.74) is 2.34. The second-order valence-electron chi connectivity index (χ2n) is 4.35. The third-order valence-corrected chi connectivity index (χ3v) is 3.25. The van der Waals surface area contributed by atoms with E-state index in [1.807, 2.05) is 38.1 Å². The summed E-state index contributed by atoms with van der Waals surface area (Å²) in [5.74, 6) is 0.406. The number of carbonyl (C=O) groups is 1. The van der Waals surface area contributed by atoms with E-state index in [1.54, 1.807) is 12.3 Å². The summed E-state index contributed by atoms with van der Waals surface area (Å²) in [5, 5.41) is 6.02. The molecular weight excluding hydrogens is 318 g/mol. The number of pyridine rings is 1. The zero-order chi connectivity index (χ0) is 14.5. The number of amides is 1. The number of benzene rings is 1. The van der Waals surface area contributed by atoms with Crippen LogP contribution in [0.5, 0.6) is 0 Å². The molecule has 1 aromatic heterocycles. The van der Waals surface area contributed by atoms with Crippen molar-refractivity contribution in [2.45, 2.75) is 13.8 Å². The Bertz CT molecular complexity index is 628. The molecule has 0 aliphatic heterocycles. The highest BCUT2D eigenvalue weighted by Gasteiger charge is 2.12. The van der Waals surface area contributed by atoms with Gasteiger partial charge in [0.05, 0.1) is 5.56 Å². The molecule has 1 heterocycles. The minimum atomic E-state index is -0.167. The number of halogens is 1. The quantitative estimate of drug-likeness (QED) is 0.893. The molecule has 0 radical (unpaired) electrons. The van der Waals surface area contributed by atoms with Gasteiger partial charge in [0.15, 0.2) is 0 Å². The topological polar surface area (TPSA) is 54.0 Å². The van der Waals surface area contributed by atoms with Crippen molar-refractivity contribution < 1.29 is 4.79 Å². The molecule has 5 heteroatoms. The molecule has 0 fully saturated rings. The summed E-state index contributed by atoms with van der Waals surface area (Å²) in [4.78, 5) is 16.6. The summed E-state index contributed by atoms with van der Waals surface area (Å²) >= 11 is 3.35. The lowest BCUT2D eigenvalue weighted by Crippen LogP contribution is -2.16. The number of hydrogen-bond donors (Lipinski definition) is 2. The van der Waals surface area contributed by atoms with Gasteiger partial charge in [-0.2, -0.15) is 0 Å². The van der Waals surface area contributed by atoms with Crippen LogP contribution in [-0.4, -0.2) is 17.4 Å². The molecule has 1 amide bonds. The van der Waals surface area contributed by atoms with Gasteiger partial charge in [0, 0.05) is 22.9 Å². The molecule has 0 saturated heterocycles. The third kappa shape index (κ3) is 3.36. The molecule has 2 aromatic rings. The Morgan fingerprint density at radius 2 is 2.10 bits per heavy atom. The van der Waals surface area contributed by atoms with Gasteiger partial charge in [-0.25, -0.2) is 4.98 Å². The van der Waals surface area contributed by atoms with Crippen LogP contribution in [0.4, 0.5) is 11.5 Å². The van der Waals surface area contributed by atoms with E-state index in [9.17, 15) is 4.79 Å². The first-order valence-electron chi connectivity index (χ1n) is 6.38. The number of nitrogens with one attached hydrogen (secondary N) is 2. The van der Waals surface area contributed by atoms with Crippen molar-refractivity contribution in [2.24, 2.45) is 0 Å². The van der Waals surface area contributed by atoms with Crippen molar-refractivity contribution in [3.8, 4) is 0 Å². The molecule has 0 spiro atoms. The summed E-state index contributed by atoms with van der Waals surface area (Å²) in [6.45, 7) is 4.67. The van der Waals surface area contributed by atoms with Gasteiger partial charge in [-0.1, -0.05) is 12.1 Å². The van der Waals surface area contributed by atoms with E-state index in [1.165, 1.54) is 0 Å². The van der Waals surface area contributed by atoms with Gasteiger partial charge in [0.25, 0.3) is 5.91 Å². The van der Waals surface area contributed by atoms with Crippen molar-refractivity contribution in [1.82, 2.24) is 4.98 Å². The summed E-state index contributed by atoms with van der Waals surface area (Å²) in [7, 11) is 0. The van der Waals surface area contributed by atoms with Crippen LogP contribution in [0, 0.1) is 6.92 Å². The number of anilines is 2. The maximum atomic E-state index is 12.3. The van der Waals surface area contributed by atoms with Gasteiger partial charge in [-0.15, -0.1) is 0 Å². The number of rotatable bonds is 4. The van der Waals surface area contributed by atoms with E-state index in [-0.39, 0.29) is 5.91 Å². The van der Waals surface area contributed by atoms with Crippen LogP contribution in [0.25, 0.3) is 0 Å². The average Bonchev–Trinajstić information content (AvgIpc) is 2.43. The highest BCUT2D eigenvalue weighted by molar-refractivity contribution is 9.10. The molecule has 0 atom stereocenters. The summed E-state index contributed by atoms with van der Waals surface area (Å²) in [6.07, 6.45) is 1.67. The highest BCUT2D eigenvalue weighted by Crippen LogP contribution is 2.20. The fraction of sp³-hybridized carbons (Fsp3) is 0.200. The molecule has 0 bridgehead atoms. The van der Waals surface area contributed by atoms with E-state index < -0.39 is 0 Å². The molecular formula is C15H16BrN3O. The second-order valence-corrected chi connectivity index (χ2v) is 5.26. The molecule has 0 unspecified atom stereocenters. The lowest BCUT2D eigenvalue weighted by molar-refractivity contribution is 0.102. The van der Waals surface area contributed by atoms with Crippen molar-refractivity contribution in [1.29, 1.82) is 0 Å². The Hall–Kier alpha value is -1.88. The summed E-state index contributed by atoms with van der Waals surface area (Å²) in [6, 6.07) is 9.34. The monoisotopic (exact) mass is 333 g/mol. The van der Waals surface area contributed by atoms with Crippen LogP contribution in [-0.2, 0) is 0 Å². The number of aryl methyl sites for hydroxylation is 1. The SMILES string of the molecule is CCNc1ccccc1C(=O)Nc1ncc(Br)cc1C. The Morgan fingerprint density at radius 3 is 2.80 bits per heavy atom. The van der Waals surface area contributed by atoms with Crippen LogP contribution >= 0.6 is 15.9 Å². The lowest BCUT2D eigenvalue weighted by atomic mass is 10.1. The van der Waals surface area contributed by atoms with Gasteiger partial charge >= 0.3 is 0 Å². The number of aromatic nitrogens is 1. The van der Waals surface area contributed by atoms with E-state index >= 15 is 0 Å². The predicted octanol–water partition coefficient (Wildman–Crippen LogP) is 3.84. The van der Waals surface area contributed by atoms with Gasteiger partial charge in [0.1, 0.15) is 5.82 Å². The molecule has 104 valence electrons. The lowest BCUT2D eigenvalue weighted by Gasteiger charge is -2.11.